The third-order valence-corrected chi connectivity index (χ3v) is 2.07. The Bertz CT molecular complexity index is 192. The Kier molecular flexibility index (Phi) is 9.61. The molecule has 0 fully saturated rings. The molecule has 0 radical (unpaired) electrons. The molecule has 0 saturated heterocycles. The van der Waals surface area contributed by atoms with Crippen molar-refractivity contribution in [2.45, 2.75) is 52.9 Å². The van der Waals surface area contributed by atoms with Gasteiger partial charge in [0.2, 0.25) is 0 Å². The van der Waals surface area contributed by atoms with Crippen LogP contribution in [0.5, 0.6) is 0 Å². The zero-order valence-corrected chi connectivity index (χ0v) is 9.79. The van der Waals surface area contributed by atoms with Crippen LogP contribution in [0.2, 0.25) is 0 Å². The summed E-state index contributed by atoms with van der Waals surface area (Å²) in [6.07, 6.45) is 10.1. The first-order chi connectivity index (χ1) is 6.85. The Labute approximate surface area is 88.6 Å². The highest BCUT2D eigenvalue weighted by atomic mass is 14.6. The number of hydrogen-bond donors (Lipinski definition) is 0. The smallest absolute Gasteiger partial charge is 0.0270 e. The molecule has 0 saturated carbocycles. The molecule has 0 N–H and O–H groups in total. The average molecular weight is 193 g/mol. The fourth-order valence-electron chi connectivity index (χ4n) is 0.930. The van der Waals surface area contributed by atoms with E-state index >= 15 is 0 Å². The monoisotopic (exact) mass is 193 g/mol. The van der Waals surface area contributed by atoms with E-state index in [-0.39, 0.29) is 0 Å². The molecule has 0 bridgehead atoms. The number of rotatable bonds is 4. The van der Waals surface area contributed by atoms with Gasteiger partial charge in [-0.1, -0.05) is 40.0 Å². The zero-order valence-electron chi connectivity index (χ0n) is 9.79. The second-order valence-corrected chi connectivity index (χ2v) is 3.46. The first-order valence-electron chi connectivity index (χ1n) is 5.74. The van der Waals surface area contributed by atoms with E-state index in [4.69, 9.17) is 0 Å². The average Bonchev–Trinajstić information content (AvgIpc) is 2.28. The summed E-state index contributed by atoms with van der Waals surface area (Å²) in [6.45, 7) is 6.57. The number of aryl methyl sites for hydroxylation is 1. The highest BCUT2D eigenvalue weighted by molar-refractivity contribution is 5.09. The van der Waals surface area contributed by atoms with Crippen molar-refractivity contribution in [2.75, 3.05) is 0 Å². The highest BCUT2D eigenvalue weighted by Crippen LogP contribution is 2.01. The number of unbranched alkanes of at least 4 members (excludes halogenated alkanes) is 2. The van der Waals surface area contributed by atoms with E-state index in [0.717, 1.165) is 0 Å². The maximum absolute atomic E-state index is 3.95. The Hall–Kier alpha value is -0.850. The van der Waals surface area contributed by atoms with Gasteiger partial charge in [-0.15, -0.1) is 0 Å². The number of aromatic nitrogens is 1. The molecule has 80 valence electrons. The van der Waals surface area contributed by atoms with Gasteiger partial charge in [0.15, 0.2) is 0 Å². The molecule has 1 aromatic heterocycles. The molecule has 1 aromatic rings. The summed E-state index contributed by atoms with van der Waals surface area (Å²) in [7, 11) is 0. The Morgan fingerprint density at radius 3 is 1.93 bits per heavy atom. The summed E-state index contributed by atoms with van der Waals surface area (Å²) in [5, 5.41) is 0. The SMILES string of the molecule is CCCC.CCCCc1ccncc1. The number of nitrogens with zero attached hydrogens (tertiary/aromatic N) is 1. The Balaban J connectivity index is 0.000000364. The third-order valence-electron chi connectivity index (χ3n) is 2.07. The van der Waals surface area contributed by atoms with Gasteiger partial charge in [-0.2, -0.15) is 0 Å². The summed E-state index contributed by atoms with van der Waals surface area (Å²) in [5.41, 5.74) is 1.40. The molecule has 0 amide bonds. The lowest BCUT2D eigenvalue weighted by atomic mass is 10.1. The molecule has 1 heterocycles. The normalized spacial score (nSPS) is 9.07. The molecule has 0 aliphatic carbocycles. The van der Waals surface area contributed by atoms with Gasteiger partial charge in [0.25, 0.3) is 0 Å². The van der Waals surface area contributed by atoms with Gasteiger partial charge in [0.05, 0.1) is 0 Å². The zero-order chi connectivity index (χ0) is 10.6. The Morgan fingerprint density at radius 2 is 1.50 bits per heavy atom. The topological polar surface area (TPSA) is 12.9 Å². The van der Waals surface area contributed by atoms with Crippen molar-refractivity contribution in [3.8, 4) is 0 Å². The van der Waals surface area contributed by atoms with E-state index in [0.29, 0.717) is 0 Å². The number of pyridine rings is 1. The van der Waals surface area contributed by atoms with E-state index in [1.54, 1.807) is 0 Å². The van der Waals surface area contributed by atoms with E-state index in [1.807, 2.05) is 12.4 Å². The molecular weight excluding hydrogens is 170 g/mol. The molecule has 0 unspecified atom stereocenters. The van der Waals surface area contributed by atoms with Crippen molar-refractivity contribution in [3.05, 3.63) is 30.1 Å². The van der Waals surface area contributed by atoms with Crippen molar-refractivity contribution >= 4 is 0 Å². The summed E-state index contributed by atoms with van der Waals surface area (Å²) >= 11 is 0. The van der Waals surface area contributed by atoms with Crippen molar-refractivity contribution in [3.63, 3.8) is 0 Å². The van der Waals surface area contributed by atoms with Gasteiger partial charge in [-0.3, -0.25) is 4.98 Å². The molecule has 1 rings (SSSR count). The first-order valence-corrected chi connectivity index (χ1v) is 5.74. The maximum Gasteiger partial charge on any atom is 0.0270 e. The first kappa shape index (κ1) is 13.2. The van der Waals surface area contributed by atoms with Crippen LogP contribution in [0.3, 0.4) is 0 Å². The van der Waals surface area contributed by atoms with E-state index in [9.17, 15) is 0 Å². The lowest BCUT2D eigenvalue weighted by molar-refractivity contribution is 0.794. The standard InChI is InChI=1S/C9H13N.C4H10/c1-2-3-4-9-5-7-10-8-6-9;1-3-4-2/h5-8H,2-4H2,1H3;3-4H2,1-2H3. The molecule has 0 aliphatic heterocycles. The maximum atomic E-state index is 3.95. The second kappa shape index (κ2) is 10.2. The van der Waals surface area contributed by atoms with Gasteiger partial charge in [-0.25, -0.2) is 0 Å². The molecule has 0 aromatic carbocycles. The van der Waals surface area contributed by atoms with Crippen molar-refractivity contribution < 1.29 is 0 Å². The minimum Gasteiger partial charge on any atom is -0.265 e. The van der Waals surface area contributed by atoms with Crippen molar-refractivity contribution in [2.24, 2.45) is 0 Å². The van der Waals surface area contributed by atoms with E-state index in [1.165, 1.54) is 37.7 Å². The fourth-order valence-corrected chi connectivity index (χ4v) is 0.930. The Morgan fingerprint density at radius 1 is 0.929 bits per heavy atom. The summed E-state index contributed by atoms with van der Waals surface area (Å²) in [6, 6.07) is 4.16. The van der Waals surface area contributed by atoms with Gasteiger partial charge < -0.3 is 0 Å². The molecular formula is C13H23N. The van der Waals surface area contributed by atoms with Gasteiger partial charge in [0.1, 0.15) is 0 Å². The van der Waals surface area contributed by atoms with Crippen molar-refractivity contribution in [1.29, 1.82) is 0 Å². The predicted octanol–water partition coefficient (Wildman–Crippen LogP) is 4.23. The predicted molar refractivity (Wildman–Crippen MR) is 63.4 cm³/mol. The van der Waals surface area contributed by atoms with Crippen LogP contribution in [-0.2, 0) is 6.42 Å². The largest absolute Gasteiger partial charge is 0.265 e. The molecule has 0 atom stereocenters. The molecule has 14 heavy (non-hydrogen) atoms. The van der Waals surface area contributed by atoms with Crippen LogP contribution in [0.4, 0.5) is 0 Å². The minimum atomic E-state index is 1.19. The van der Waals surface area contributed by atoms with E-state index < -0.39 is 0 Å². The van der Waals surface area contributed by atoms with Crippen LogP contribution >= 0.6 is 0 Å². The molecule has 1 nitrogen and oxygen atoms in total. The van der Waals surface area contributed by atoms with Crippen LogP contribution in [-0.4, -0.2) is 4.98 Å². The van der Waals surface area contributed by atoms with Crippen LogP contribution < -0.4 is 0 Å². The highest BCUT2D eigenvalue weighted by Gasteiger charge is 1.87. The second-order valence-electron chi connectivity index (χ2n) is 3.46. The molecule has 1 heteroatoms. The number of hydrogen-bond acceptors (Lipinski definition) is 1. The third kappa shape index (κ3) is 7.78. The van der Waals surface area contributed by atoms with Gasteiger partial charge in [-0.05, 0) is 30.5 Å². The summed E-state index contributed by atoms with van der Waals surface area (Å²) < 4.78 is 0. The van der Waals surface area contributed by atoms with E-state index in [2.05, 4.69) is 37.9 Å². The summed E-state index contributed by atoms with van der Waals surface area (Å²) in [5.74, 6) is 0. The van der Waals surface area contributed by atoms with Crippen LogP contribution in [0.1, 0.15) is 52.0 Å². The van der Waals surface area contributed by atoms with Crippen LogP contribution in [0.25, 0.3) is 0 Å². The van der Waals surface area contributed by atoms with Gasteiger partial charge in [0, 0.05) is 12.4 Å². The van der Waals surface area contributed by atoms with Crippen LogP contribution in [0, 0.1) is 0 Å². The lowest BCUT2D eigenvalue weighted by Gasteiger charge is -1.95. The minimum absolute atomic E-state index is 1.19. The molecule has 0 spiro atoms. The van der Waals surface area contributed by atoms with Gasteiger partial charge >= 0.3 is 0 Å². The van der Waals surface area contributed by atoms with Crippen LogP contribution in [0.15, 0.2) is 24.5 Å². The fraction of sp³-hybridized carbons (Fsp3) is 0.615. The van der Waals surface area contributed by atoms with Crippen molar-refractivity contribution in [1.82, 2.24) is 4.98 Å². The summed E-state index contributed by atoms with van der Waals surface area (Å²) in [4.78, 5) is 3.95. The molecule has 0 aliphatic rings. The lowest BCUT2D eigenvalue weighted by Crippen LogP contribution is -1.83. The quantitative estimate of drug-likeness (QED) is 0.697.